The summed E-state index contributed by atoms with van der Waals surface area (Å²) >= 11 is 0. The highest BCUT2D eigenvalue weighted by Gasteiger charge is 2.23. The van der Waals surface area contributed by atoms with Gasteiger partial charge in [-0.2, -0.15) is 0 Å². The largest absolute Gasteiger partial charge is 0.479 e. The molecule has 0 fully saturated rings. The number of rotatable bonds is 2. The average Bonchev–Trinajstić information content (AvgIpc) is 2.49. The van der Waals surface area contributed by atoms with E-state index in [1.165, 1.54) is 18.2 Å². The van der Waals surface area contributed by atoms with Gasteiger partial charge in [-0.3, -0.25) is 9.59 Å². The first-order valence-electron chi connectivity index (χ1n) is 6.72. The van der Waals surface area contributed by atoms with Crippen LogP contribution in [0.2, 0.25) is 0 Å². The van der Waals surface area contributed by atoms with Crippen LogP contribution in [0.15, 0.2) is 42.5 Å². The van der Waals surface area contributed by atoms with E-state index in [1.54, 1.807) is 31.2 Å². The lowest BCUT2D eigenvalue weighted by molar-refractivity contribution is -0.122. The van der Waals surface area contributed by atoms with Crippen molar-refractivity contribution in [3.05, 3.63) is 53.8 Å². The Bertz CT molecular complexity index is 761. The molecule has 0 saturated heterocycles. The summed E-state index contributed by atoms with van der Waals surface area (Å²) in [4.78, 5) is 23.6. The van der Waals surface area contributed by atoms with Crippen LogP contribution in [-0.2, 0) is 4.79 Å². The zero-order chi connectivity index (χ0) is 15.7. The Morgan fingerprint density at radius 3 is 2.82 bits per heavy atom. The second-order valence-corrected chi connectivity index (χ2v) is 4.89. The van der Waals surface area contributed by atoms with Crippen molar-refractivity contribution in [1.29, 1.82) is 0 Å². The number of hydrogen-bond donors (Lipinski definition) is 2. The summed E-state index contributed by atoms with van der Waals surface area (Å²) in [6, 6.07) is 10.5. The molecule has 112 valence electrons. The minimum Gasteiger partial charge on any atom is -0.479 e. The molecule has 0 bridgehead atoms. The number of fused-ring (bicyclic) bond motifs is 1. The third kappa shape index (κ3) is 2.63. The lowest BCUT2D eigenvalue weighted by Crippen LogP contribution is -2.34. The molecule has 6 heteroatoms. The first-order valence-corrected chi connectivity index (χ1v) is 6.72. The SMILES string of the molecule is C[C@H]1Oc2ccc(NC(=O)c3ccccc3F)cc2NC1=O. The number of hydrogen-bond acceptors (Lipinski definition) is 3. The molecule has 2 N–H and O–H groups in total. The van der Waals surface area contributed by atoms with Crippen molar-refractivity contribution in [2.45, 2.75) is 13.0 Å². The Morgan fingerprint density at radius 1 is 1.27 bits per heavy atom. The third-order valence-electron chi connectivity index (χ3n) is 3.29. The maximum absolute atomic E-state index is 13.6. The summed E-state index contributed by atoms with van der Waals surface area (Å²) in [5.41, 5.74) is 0.856. The predicted molar refractivity (Wildman–Crippen MR) is 79.5 cm³/mol. The highest BCUT2D eigenvalue weighted by atomic mass is 19.1. The average molecular weight is 300 g/mol. The summed E-state index contributed by atoms with van der Waals surface area (Å²) in [6.07, 6.45) is -0.564. The van der Waals surface area contributed by atoms with Gasteiger partial charge in [0.2, 0.25) is 0 Å². The van der Waals surface area contributed by atoms with Crippen molar-refractivity contribution >= 4 is 23.2 Å². The molecule has 1 atom stereocenters. The molecule has 22 heavy (non-hydrogen) atoms. The van der Waals surface area contributed by atoms with Gasteiger partial charge in [0.15, 0.2) is 6.10 Å². The number of carbonyl (C=O) groups excluding carboxylic acids is 2. The van der Waals surface area contributed by atoms with Crippen molar-refractivity contribution in [2.75, 3.05) is 10.6 Å². The van der Waals surface area contributed by atoms with E-state index in [9.17, 15) is 14.0 Å². The molecule has 2 aromatic carbocycles. The van der Waals surface area contributed by atoms with E-state index < -0.39 is 17.8 Å². The van der Waals surface area contributed by atoms with Crippen molar-refractivity contribution in [3.63, 3.8) is 0 Å². The van der Waals surface area contributed by atoms with E-state index in [0.29, 0.717) is 17.1 Å². The highest BCUT2D eigenvalue weighted by Crippen LogP contribution is 2.32. The van der Waals surface area contributed by atoms with Crippen LogP contribution in [-0.4, -0.2) is 17.9 Å². The Kier molecular flexibility index (Phi) is 3.50. The molecule has 0 saturated carbocycles. The fourth-order valence-corrected chi connectivity index (χ4v) is 2.13. The zero-order valence-corrected chi connectivity index (χ0v) is 11.7. The van der Waals surface area contributed by atoms with Gasteiger partial charge in [0.05, 0.1) is 11.3 Å². The van der Waals surface area contributed by atoms with Crippen molar-refractivity contribution in [1.82, 2.24) is 0 Å². The van der Waals surface area contributed by atoms with Gasteiger partial charge in [0, 0.05) is 5.69 Å². The van der Waals surface area contributed by atoms with E-state index in [2.05, 4.69) is 10.6 Å². The normalized spacial score (nSPS) is 16.3. The zero-order valence-electron chi connectivity index (χ0n) is 11.7. The molecule has 2 amide bonds. The number of nitrogens with one attached hydrogen (secondary N) is 2. The molecular formula is C16H13FN2O3. The molecule has 2 aromatic rings. The fourth-order valence-electron chi connectivity index (χ4n) is 2.13. The molecule has 5 nitrogen and oxygen atoms in total. The smallest absolute Gasteiger partial charge is 0.265 e. The van der Waals surface area contributed by atoms with Gasteiger partial charge in [-0.1, -0.05) is 12.1 Å². The van der Waals surface area contributed by atoms with Gasteiger partial charge in [-0.05, 0) is 37.3 Å². The van der Waals surface area contributed by atoms with E-state index in [-0.39, 0.29) is 11.5 Å². The summed E-state index contributed by atoms with van der Waals surface area (Å²) in [6.45, 7) is 1.64. The Hall–Kier alpha value is -2.89. The number of ether oxygens (including phenoxy) is 1. The van der Waals surface area contributed by atoms with Crippen LogP contribution in [0.3, 0.4) is 0 Å². The van der Waals surface area contributed by atoms with Crippen LogP contribution in [0, 0.1) is 5.82 Å². The molecule has 0 spiro atoms. The standard InChI is InChI=1S/C16H13FN2O3/c1-9-15(20)19-13-8-10(6-7-14(13)22-9)18-16(21)11-4-2-3-5-12(11)17/h2-9H,1H3,(H,18,21)(H,19,20)/t9-/m1/s1. The highest BCUT2D eigenvalue weighted by molar-refractivity contribution is 6.05. The quantitative estimate of drug-likeness (QED) is 0.896. The first-order chi connectivity index (χ1) is 10.5. The summed E-state index contributed by atoms with van der Waals surface area (Å²) in [7, 11) is 0. The molecule has 3 rings (SSSR count). The number of carbonyl (C=O) groups is 2. The molecule has 0 aliphatic carbocycles. The van der Waals surface area contributed by atoms with Crippen molar-refractivity contribution in [2.24, 2.45) is 0 Å². The van der Waals surface area contributed by atoms with E-state index in [1.807, 2.05) is 0 Å². The van der Waals surface area contributed by atoms with E-state index in [4.69, 9.17) is 4.74 Å². The second-order valence-electron chi connectivity index (χ2n) is 4.89. The van der Waals surface area contributed by atoms with E-state index >= 15 is 0 Å². The summed E-state index contributed by atoms with van der Waals surface area (Å²) < 4.78 is 19.0. The Morgan fingerprint density at radius 2 is 2.05 bits per heavy atom. The van der Waals surface area contributed by atoms with Crippen LogP contribution in [0.4, 0.5) is 15.8 Å². The van der Waals surface area contributed by atoms with Gasteiger partial charge in [-0.15, -0.1) is 0 Å². The van der Waals surface area contributed by atoms with Crippen molar-refractivity contribution in [3.8, 4) is 5.75 Å². The number of halogens is 1. The molecular weight excluding hydrogens is 287 g/mol. The minimum atomic E-state index is -0.594. The monoisotopic (exact) mass is 300 g/mol. The van der Waals surface area contributed by atoms with Crippen LogP contribution in [0.5, 0.6) is 5.75 Å². The Balaban J connectivity index is 1.82. The molecule has 1 aliphatic heterocycles. The minimum absolute atomic E-state index is 0.0471. The van der Waals surface area contributed by atoms with Crippen LogP contribution >= 0.6 is 0 Å². The number of benzene rings is 2. The lowest BCUT2D eigenvalue weighted by atomic mass is 10.1. The maximum atomic E-state index is 13.6. The number of amides is 2. The van der Waals surface area contributed by atoms with Crippen LogP contribution in [0.25, 0.3) is 0 Å². The maximum Gasteiger partial charge on any atom is 0.265 e. The van der Waals surface area contributed by atoms with Gasteiger partial charge in [0.25, 0.3) is 11.8 Å². The predicted octanol–water partition coefficient (Wildman–Crippen LogP) is 2.80. The fraction of sp³-hybridized carbons (Fsp3) is 0.125. The molecule has 0 radical (unpaired) electrons. The number of anilines is 2. The lowest BCUT2D eigenvalue weighted by Gasteiger charge is -2.23. The second kappa shape index (κ2) is 5.48. The van der Waals surface area contributed by atoms with Gasteiger partial charge in [-0.25, -0.2) is 4.39 Å². The molecule has 1 aliphatic rings. The molecule has 1 heterocycles. The van der Waals surface area contributed by atoms with Gasteiger partial charge >= 0.3 is 0 Å². The van der Waals surface area contributed by atoms with Crippen LogP contribution in [0.1, 0.15) is 17.3 Å². The topological polar surface area (TPSA) is 67.4 Å². The molecule has 0 unspecified atom stereocenters. The Labute approximate surface area is 126 Å². The van der Waals surface area contributed by atoms with Crippen molar-refractivity contribution < 1.29 is 18.7 Å². The van der Waals surface area contributed by atoms with E-state index in [0.717, 1.165) is 0 Å². The van der Waals surface area contributed by atoms with Gasteiger partial charge in [0.1, 0.15) is 11.6 Å². The summed E-state index contributed by atoms with van der Waals surface area (Å²) in [5, 5.41) is 5.27. The summed E-state index contributed by atoms with van der Waals surface area (Å²) in [5.74, 6) is -0.890. The van der Waals surface area contributed by atoms with Crippen LogP contribution < -0.4 is 15.4 Å². The first kappa shape index (κ1) is 14.1. The molecule has 0 aromatic heterocycles. The third-order valence-corrected chi connectivity index (χ3v) is 3.29. The van der Waals surface area contributed by atoms with Gasteiger partial charge < -0.3 is 15.4 Å².